The van der Waals surface area contributed by atoms with E-state index < -0.39 is 5.97 Å². The predicted molar refractivity (Wildman–Crippen MR) is 145 cm³/mol. The van der Waals surface area contributed by atoms with E-state index in [1.807, 2.05) is 49.3 Å². The fraction of sp³-hybridized carbons (Fsp3) is 0.207. The van der Waals surface area contributed by atoms with Crippen molar-refractivity contribution in [3.8, 4) is 5.88 Å². The number of carboxylic acid groups (broad SMARTS) is 1. The lowest BCUT2D eigenvalue weighted by molar-refractivity contribution is 0.0696. The molecule has 0 fully saturated rings. The molecule has 0 saturated carbocycles. The number of carbonyl (C=O) groups is 2. The number of benzene rings is 3. The SMILES string of the molecule is CN(C)CCN(C)C(=O)c1ccc(N=C(c2ccccc2)c2c(O)n(C)c3cc(C(=O)O)ccc23)cc1. The first kappa shape index (κ1) is 25.7. The van der Waals surface area contributed by atoms with Gasteiger partial charge in [0.1, 0.15) is 0 Å². The minimum absolute atomic E-state index is 0.0190. The molecular weight excluding hydrogens is 468 g/mol. The molecule has 0 aliphatic carbocycles. The Bertz CT molecular complexity index is 1470. The van der Waals surface area contributed by atoms with Crippen molar-refractivity contribution in [2.45, 2.75) is 0 Å². The molecule has 3 aromatic carbocycles. The van der Waals surface area contributed by atoms with Crippen molar-refractivity contribution in [3.05, 3.63) is 95.1 Å². The van der Waals surface area contributed by atoms with E-state index in [2.05, 4.69) is 0 Å². The number of carbonyl (C=O) groups excluding carboxylic acids is 1. The molecule has 1 heterocycles. The lowest BCUT2D eigenvalue weighted by atomic mass is 10.00. The van der Waals surface area contributed by atoms with E-state index in [1.165, 1.54) is 12.1 Å². The largest absolute Gasteiger partial charge is 0.494 e. The van der Waals surface area contributed by atoms with E-state index in [0.717, 1.165) is 12.1 Å². The quantitative estimate of drug-likeness (QED) is 0.351. The summed E-state index contributed by atoms with van der Waals surface area (Å²) in [5, 5.41) is 21.2. The van der Waals surface area contributed by atoms with Gasteiger partial charge in [-0.15, -0.1) is 0 Å². The summed E-state index contributed by atoms with van der Waals surface area (Å²) in [6.07, 6.45) is 0. The van der Waals surface area contributed by atoms with Crippen LogP contribution in [0.1, 0.15) is 31.8 Å². The molecule has 0 aliphatic rings. The number of aromatic hydroxyl groups is 1. The average molecular weight is 499 g/mol. The molecule has 4 aromatic rings. The summed E-state index contributed by atoms with van der Waals surface area (Å²) < 4.78 is 1.56. The Morgan fingerprint density at radius 2 is 1.51 bits per heavy atom. The van der Waals surface area contributed by atoms with Gasteiger partial charge < -0.3 is 24.6 Å². The molecule has 1 aromatic heterocycles. The molecule has 0 aliphatic heterocycles. The van der Waals surface area contributed by atoms with Crippen LogP contribution in [0.15, 0.2) is 77.8 Å². The van der Waals surface area contributed by atoms with Gasteiger partial charge in [0.15, 0.2) is 0 Å². The van der Waals surface area contributed by atoms with Gasteiger partial charge in [-0.25, -0.2) is 9.79 Å². The smallest absolute Gasteiger partial charge is 0.335 e. The maximum absolute atomic E-state index is 12.8. The Kier molecular flexibility index (Phi) is 7.40. The predicted octanol–water partition coefficient (Wildman–Crippen LogP) is 4.38. The molecule has 1 amide bonds. The summed E-state index contributed by atoms with van der Waals surface area (Å²) in [6, 6.07) is 21.3. The number of nitrogens with zero attached hydrogens (tertiary/aromatic N) is 4. The average Bonchev–Trinajstić information content (AvgIpc) is 3.15. The second-order valence-corrected chi connectivity index (χ2v) is 9.20. The van der Waals surface area contributed by atoms with Gasteiger partial charge in [0.2, 0.25) is 5.88 Å². The van der Waals surface area contributed by atoms with E-state index in [0.29, 0.717) is 40.0 Å². The molecule has 2 N–H and O–H groups in total. The molecule has 37 heavy (non-hydrogen) atoms. The van der Waals surface area contributed by atoms with Crippen molar-refractivity contribution in [1.29, 1.82) is 0 Å². The van der Waals surface area contributed by atoms with Gasteiger partial charge in [-0.05, 0) is 50.5 Å². The zero-order valence-electron chi connectivity index (χ0n) is 21.3. The number of rotatable bonds is 8. The van der Waals surface area contributed by atoms with Crippen LogP contribution in [0.2, 0.25) is 0 Å². The first-order valence-electron chi connectivity index (χ1n) is 11.9. The number of fused-ring (bicyclic) bond motifs is 1. The maximum Gasteiger partial charge on any atom is 0.335 e. The van der Waals surface area contributed by atoms with Gasteiger partial charge in [0.25, 0.3) is 5.91 Å². The Morgan fingerprint density at radius 3 is 2.14 bits per heavy atom. The topological polar surface area (TPSA) is 98.4 Å². The van der Waals surface area contributed by atoms with Gasteiger partial charge in [0, 0.05) is 43.7 Å². The lowest BCUT2D eigenvalue weighted by Crippen LogP contribution is -2.33. The Balaban J connectivity index is 1.78. The van der Waals surface area contributed by atoms with Crippen LogP contribution in [0.4, 0.5) is 5.69 Å². The number of carboxylic acids is 1. The molecule has 0 unspecified atom stereocenters. The molecule has 190 valence electrons. The Labute approximate surface area is 215 Å². The number of hydrogen-bond acceptors (Lipinski definition) is 5. The summed E-state index contributed by atoms with van der Waals surface area (Å²) >= 11 is 0. The van der Waals surface area contributed by atoms with E-state index in [9.17, 15) is 19.8 Å². The third kappa shape index (κ3) is 5.39. The lowest BCUT2D eigenvalue weighted by Gasteiger charge is -2.19. The molecule has 0 saturated heterocycles. The Morgan fingerprint density at radius 1 is 0.865 bits per heavy atom. The van der Waals surface area contributed by atoms with Gasteiger partial charge >= 0.3 is 5.97 Å². The van der Waals surface area contributed by atoms with E-state index in [4.69, 9.17) is 4.99 Å². The third-order valence-electron chi connectivity index (χ3n) is 6.29. The summed E-state index contributed by atoms with van der Waals surface area (Å²) in [5.41, 5.74) is 3.72. The molecule has 0 atom stereocenters. The van der Waals surface area contributed by atoms with Crippen LogP contribution >= 0.6 is 0 Å². The van der Waals surface area contributed by atoms with Crippen LogP contribution in [0.25, 0.3) is 10.9 Å². The van der Waals surface area contributed by atoms with Gasteiger partial charge in [0.05, 0.1) is 28.0 Å². The molecule has 4 rings (SSSR count). The number of hydrogen-bond donors (Lipinski definition) is 2. The summed E-state index contributed by atoms with van der Waals surface area (Å²) in [6.45, 7) is 1.39. The van der Waals surface area contributed by atoms with Gasteiger partial charge in [-0.2, -0.15) is 0 Å². The highest BCUT2D eigenvalue weighted by Gasteiger charge is 2.22. The van der Waals surface area contributed by atoms with E-state index in [-0.39, 0.29) is 17.4 Å². The van der Waals surface area contributed by atoms with Crippen molar-refractivity contribution < 1.29 is 19.8 Å². The number of aryl methyl sites for hydroxylation is 1. The molecule has 8 nitrogen and oxygen atoms in total. The van der Waals surface area contributed by atoms with Gasteiger partial charge in [-0.1, -0.05) is 36.4 Å². The summed E-state index contributed by atoms with van der Waals surface area (Å²) in [4.78, 5) is 32.9. The van der Waals surface area contributed by atoms with Crippen molar-refractivity contribution >= 4 is 34.2 Å². The first-order valence-corrected chi connectivity index (χ1v) is 11.9. The molecular formula is C29H30N4O4. The zero-order valence-corrected chi connectivity index (χ0v) is 21.3. The highest BCUT2D eigenvalue weighted by atomic mass is 16.4. The fourth-order valence-corrected chi connectivity index (χ4v) is 4.13. The number of aromatic nitrogens is 1. The minimum Gasteiger partial charge on any atom is -0.494 e. The highest BCUT2D eigenvalue weighted by Crippen LogP contribution is 2.34. The second-order valence-electron chi connectivity index (χ2n) is 9.20. The van der Waals surface area contributed by atoms with Crippen LogP contribution in [0, 0.1) is 0 Å². The van der Waals surface area contributed by atoms with E-state index >= 15 is 0 Å². The molecule has 8 heteroatoms. The summed E-state index contributed by atoms with van der Waals surface area (Å²) in [5.74, 6) is -1.13. The summed E-state index contributed by atoms with van der Waals surface area (Å²) in [7, 11) is 7.40. The van der Waals surface area contributed by atoms with Crippen LogP contribution in [-0.2, 0) is 7.05 Å². The number of aliphatic imine (C=N–C) groups is 1. The minimum atomic E-state index is -1.04. The van der Waals surface area contributed by atoms with Crippen LogP contribution in [0.3, 0.4) is 0 Å². The molecule has 0 radical (unpaired) electrons. The van der Waals surface area contributed by atoms with E-state index in [1.54, 1.807) is 53.9 Å². The van der Waals surface area contributed by atoms with Crippen LogP contribution in [-0.4, -0.2) is 76.4 Å². The monoisotopic (exact) mass is 498 g/mol. The third-order valence-corrected chi connectivity index (χ3v) is 6.29. The molecule has 0 spiro atoms. The Hall–Kier alpha value is -4.43. The maximum atomic E-state index is 12.8. The second kappa shape index (κ2) is 10.7. The zero-order chi connectivity index (χ0) is 26.7. The highest BCUT2D eigenvalue weighted by molar-refractivity contribution is 6.22. The number of aromatic carboxylic acids is 1. The standard InChI is InChI=1S/C29H30N4O4/c1-31(2)16-17-32(3)27(34)20-10-13-22(14-11-20)30-26(19-8-6-5-7-9-19)25-23-15-12-21(29(36)37)18-24(23)33(4)28(25)35/h5-15,18,35H,16-17H2,1-4H3,(H,36,37). The van der Waals surface area contributed by atoms with Gasteiger partial charge in [-0.3, -0.25) is 4.79 Å². The molecule has 0 bridgehead atoms. The van der Waals surface area contributed by atoms with Crippen molar-refractivity contribution in [2.24, 2.45) is 12.0 Å². The number of amides is 1. The first-order chi connectivity index (χ1) is 17.7. The van der Waals surface area contributed by atoms with Crippen LogP contribution in [0.5, 0.6) is 5.88 Å². The fourth-order valence-electron chi connectivity index (χ4n) is 4.13. The van der Waals surface area contributed by atoms with Crippen molar-refractivity contribution in [3.63, 3.8) is 0 Å². The van der Waals surface area contributed by atoms with Crippen molar-refractivity contribution in [1.82, 2.24) is 14.4 Å². The van der Waals surface area contributed by atoms with Crippen LogP contribution < -0.4 is 0 Å². The number of likely N-dealkylation sites (N-methyl/N-ethyl adjacent to an activating group) is 2. The normalized spacial score (nSPS) is 11.8. The van der Waals surface area contributed by atoms with Crippen molar-refractivity contribution in [2.75, 3.05) is 34.2 Å².